The fourth-order valence-electron chi connectivity index (χ4n) is 4.97. The van der Waals surface area contributed by atoms with E-state index in [1.54, 1.807) is 6.07 Å². The smallest absolute Gasteiger partial charge is 0.230 e. The number of amides is 2. The highest BCUT2D eigenvalue weighted by Crippen LogP contribution is 2.25. The van der Waals surface area contributed by atoms with Crippen molar-refractivity contribution in [3.8, 4) is 0 Å². The molecule has 2 heterocycles. The number of unbranched alkanes of at least 4 members (excludes halogenated alkanes) is 2. The molecule has 2 amide bonds. The molecule has 9 heteroatoms. The van der Waals surface area contributed by atoms with Gasteiger partial charge in [-0.1, -0.05) is 104 Å². The molecule has 0 spiro atoms. The van der Waals surface area contributed by atoms with Crippen molar-refractivity contribution in [2.24, 2.45) is 0 Å². The Kier molecular flexibility index (Phi) is 11.2. The molecule has 4 rings (SSSR count). The molecule has 40 heavy (non-hydrogen) atoms. The molecule has 0 radical (unpaired) electrons. The molecule has 0 bridgehead atoms. The van der Waals surface area contributed by atoms with Gasteiger partial charge in [0.15, 0.2) is 5.16 Å². The van der Waals surface area contributed by atoms with Crippen LogP contribution in [0.3, 0.4) is 0 Å². The molecule has 2 aromatic carbocycles. The second-order valence-electron chi connectivity index (χ2n) is 10.2. The lowest BCUT2D eigenvalue weighted by molar-refractivity contribution is -0.133. The quantitative estimate of drug-likeness (QED) is 0.124. The third-order valence-electron chi connectivity index (χ3n) is 7.08. The Balaban J connectivity index is 1.35. The maximum atomic E-state index is 13.0. The molecular weight excluding hydrogens is 542 g/mol. The van der Waals surface area contributed by atoms with Gasteiger partial charge in [-0.05, 0) is 30.9 Å². The highest BCUT2D eigenvalue weighted by atomic mass is 35.5. The van der Waals surface area contributed by atoms with Crippen LogP contribution in [0.5, 0.6) is 0 Å². The van der Waals surface area contributed by atoms with Crippen LogP contribution >= 0.6 is 23.4 Å². The van der Waals surface area contributed by atoms with Gasteiger partial charge < -0.3 is 15.1 Å². The summed E-state index contributed by atoms with van der Waals surface area (Å²) < 4.78 is 0. The molecule has 0 saturated carbocycles. The summed E-state index contributed by atoms with van der Waals surface area (Å²) in [5, 5.41) is 3.99. The van der Waals surface area contributed by atoms with E-state index in [1.807, 2.05) is 53.4 Å². The second-order valence-corrected chi connectivity index (χ2v) is 11.5. The van der Waals surface area contributed by atoms with Gasteiger partial charge in [0.1, 0.15) is 11.0 Å². The fraction of sp³-hybridized carbons (Fsp3) is 0.419. The first-order valence-electron chi connectivity index (χ1n) is 14.0. The number of rotatable bonds is 12. The minimum absolute atomic E-state index is 0.0815. The number of benzene rings is 2. The van der Waals surface area contributed by atoms with E-state index in [-0.39, 0.29) is 29.7 Å². The zero-order valence-electron chi connectivity index (χ0n) is 23.3. The summed E-state index contributed by atoms with van der Waals surface area (Å²) in [6.07, 6.45) is 4.43. The number of carbonyl (C=O) groups is 2. The van der Waals surface area contributed by atoms with Crippen molar-refractivity contribution < 1.29 is 9.59 Å². The molecule has 0 aliphatic carbocycles. The summed E-state index contributed by atoms with van der Waals surface area (Å²) in [5.74, 6) is 1.03. The lowest BCUT2D eigenvalue weighted by Crippen LogP contribution is -2.54. The SMILES string of the molecule is CCCCCC(=O)N1CCN(c2cc(Cl)nc(SCC(=O)NC(Cc3ccccc3)c3ccccc3)n2)CC1C. The minimum atomic E-state index is -0.144. The van der Waals surface area contributed by atoms with Crippen LogP contribution < -0.4 is 10.2 Å². The number of carbonyl (C=O) groups excluding carboxylic acids is 2. The van der Waals surface area contributed by atoms with Gasteiger partial charge in [-0.2, -0.15) is 0 Å². The van der Waals surface area contributed by atoms with E-state index >= 15 is 0 Å². The van der Waals surface area contributed by atoms with E-state index in [4.69, 9.17) is 16.6 Å². The first-order valence-corrected chi connectivity index (χ1v) is 15.4. The lowest BCUT2D eigenvalue weighted by Gasteiger charge is -2.40. The normalized spacial score (nSPS) is 16.0. The predicted octanol–water partition coefficient (Wildman–Crippen LogP) is 5.94. The van der Waals surface area contributed by atoms with Gasteiger partial charge in [-0.3, -0.25) is 9.59 Å². The zero-order chi connectivity index (χ0) is 28.3. The lowest BCUT2D eigenvalue weighted by atomic mass is 9.99. The van der Waals surface area contributed by atoms with Gasteiger partial charge in [0.25, 0.3) is 0 Å². The molecule has 212 valence electrons. The number of hydrogen-bond donors (Lipinski definition) is 1. The van der Waals surface area contributed by atoms with Crippen LogP contribution in [0, 0.1) is 0 Å². The van der Waals surface area contributed by atoms with E-state index < -0.39 is 0 Å². The van der Waals surface area contributed by atoms with Gasteiger partial charge in [-0.25, -0.2) is 9.97 Å². The summed E-state index contributed by atoms with van der Waals surface area (Å²) in [6, 6.07) is 21.9. The molecular formula is C31H38ClN5O2S. The summed E-state index contributed by atoms with van der Waals surface area (Å²) >= 11 is 7.64. The van der Waals surface area contributed by atoms with Crippen molar-refractivity contribution in [1.82, 2.24) is 20.2 Å². The molecule has 1 aliphatic rings. The van der Waals surface area contributed by atoms with Crippen LogP contribution in [0.2, 0.25) is 5.15 Å². The van der Waals surface area contributed by atoms with Crippen molar-refractivity contribution in [2.45, 2.75) is 63.2 Å². The number of halogens is 1. The first-order chi connectivity index (χ1) is 19.4. The number of nitrogens with one attached hydrogen (secondary N) is 1. The molecule has 1 saturated heterocycles. The van der Waals surface area contributed by atoms with Crippen LogP contribution in [0.4, 0.5) is 5.82 Å². The molecule has 7 nitrogen and oxygen atoms in total. The van der Waals surface area contributed by atoms with Crippen LogP contribution in [0.1, 0.15) is 56.7 Å². The highest BCUT2D eigenvalue weighted by Gasteiger charge is 2.28. The van der Waals surface area contributed by atoms with Gasteiger partial charge >= 0.3 is 0 Å². The van der Waals surface area contributed by atoms with E-state index in [2.05, 4.69) is 41.2 Å². The standard InChI is InChI=1S/C31H38ClN5O2S/c1-3-4-7-16-30(39)37-18-17-36(21-23(37)2)28-20-27(32)34-31(35-28)40-22-29(38)33-26(25-14-10-6-11-15-25)19-24-12-8-5-9-13-24/h5-6,8-15,20,23,26H,3-4,7,16-19,21-22H2,1-2H3,(H,33,38). The Labute approximate surface area is 246 Å². The van der Waals surface area contributed by atoms with Crippen molar-refractivity contribution >= 4 is 41.0 Å². The van der Waals surface area contributed by atoms with E-state index in [1.165, 1.54) is 11.8 Å². The molecule has 2 atom stereocenters. The number of piperazine rings is 1. The Morgan fingerprint density at radius 1 is 1.05 bits per heavy atom. The van der Waals surface area contributed by atoms with Gasteiger partial charge in [0, 0.05) is 38.2 Å². The molecule has 1 aliphatic heterocycles. The summed E-state index contributed by atoms with van der Waals surface area (Å²) in [4.78, 5) is 38.9. The van der Waals surface area contributed by atoms with E-state index in [9.17, 15) is 9.59 Å². The van der Waals surface area contributed by atoms with Gasteiger partial charge in [0.2, 0.25) is 11.8 Å². The maximum Gasteiger partial charge on any atom is 0.230 e. The van der Waals surface area contributed by atoms with E-state index in [0.717, 1.165) is 36.2 Å². The fourth-order valence-corrected chi connectivity index (χ4v) is 5.86. The van der Waals surface area contributed by atoms with Gasteiger partial charge in [-0.15, -0.1) is 0 Å². The Morgan fingerprint density at radius 3 is 2.48 bits per heavy atom. The molecule has 2 unspecified atom stereocenters. The van der Waals surface area contributed by atoms with Crippen LogP contribution in [0.25, 0.3) is 0 Å². The summed E-state index contributed by atoms with van der Waals surface area (Å²) in [7, 11) is 0. The largest absolute Gasteiger partial charge is 0.353 e. The molecule has 1 N–H and O–H groups in total. The van der Waals surface area contributed by atoms with E-state index in [0.29, 0.717) is 42.8 Å². The van der Waals surface area contributed by atoms with Crippen molar-refractivity contribution in [3.63, 3.8) is 0 Å². The second kappa shape index (κ2) is 15.1. The number of anilines is 1. The van der Waals surface area contributed by atoms with Crippen LogP contribution in [-0.2, 0) is 16.0 Å². The van der Waals surface area contributed by atoms with Crippen molar-refractivity contribution in [1.29, 1.82) is 0 Å². The number of aromatic nitrogens is 2. The average molecular weight is 580 g/mol. The maximum absolute atomic E-state index is 13.0. The summed E-state index contributed by atoms with van der Waals surface area (Å²) in [6.45, 7) is 6.23. The monoisotopic (exact) mass is 579 g/mol. The number of thioether (sulfide) groups is 1. The highest BCUT2D eigenvalue weighted by molar-refractivity contribution is 7.99. The number of nitrogens with zero attached hydrogens (tertiary/aromatic N) is 4. The molecule has 1 fully saturated rings. The Bertz CT molecular complexity index is 1250. The van der Waals surface area contributed by atoms with Crippen LogP contribution in [-0.4, -0.2) is 58.1 Å². The third-order valence-corrected chi connectivity index (χ3v) is 8.12. The average Bonchev–Trinajstić information content (AvgIpc) is 2.96. The molecule has 1 aromatic heterocycles. The Morgan fingerprint density at radius 2 is 1.77 bits per heavy atom. The Hall–Kier alpha value is -3.10. The third kappa shape index (κ3) is 8.70. The minimum Gasteiger partial charge on any atom is -0.353 e. The van der Waals surface area contributed by atoms with Crippen LogP contribution in [0.15, 0.2) is 71.9 Å². The van der Waals surface area contributed by atoms with Gasteiger partial charge in [0.05, 0.1) is 11.8 Å². The topological polar surface area (TPSA) is 78.4 Å². The first kappa shape index (κ1) is 29.9. The van der Waals surface area contributed by atoms with Crippen molar-refractivity contribution in [3.05, 3.63) is 83.0 Å². The predicted molar refractivity (Wildman–Crippen MR) is 163 cm³/mol. The number of hydrogen-bond acceptors (Lipinski definition) is 6. The summed E-state index contributed by atoms with van der Waals surface area (Å²) in [5.41, 5.74) is 2.22. The van der Waals surface area contributed by atoms with Crippen molar-refractivity contribution in [2.75, 3.05) is 30.3 Å². The zero-order valence-corrected chi connectivity index (χ0v) is 24.8. The molecule has 3 aromatic rings.